The Balaban J connectivity index is 1.90. The molecule has 1 N–H and O–H groups in total. The SMILES string of the molecule is CCC1CCN(C(=O)N2CCCC2CC(=O)O)CC1. The van der Waals surface area contributed by atoms with Gasteiger partial charge in [0.05, 0.1) is 6.42 Å². The Bertz CT molecular complexity index is 338. The minimum atomic E-state index is -0.811. The van der Waals surface area contributed by atoms with Crippen LogP contribution < -0.4 is 0 Å². The molecule has 2 heterocycles. The highest BCUT2D eigenvalue weighted by Gasteiger charge is 2.34. The molecular formula is C14H24N2O3. The summed E-state index contributed by atoms with van der Waals surface area (Å²) in [5.41, 5.74) is 0. The number of hydrogen-bond acceptors (Lipinski definition) is 2. The van der Waals surface area contributed by atoms with Gasteiger partial charge in [0.1, 0.15) is 0 Å². The molecule has 2 saturated heterocycles. The highest BCUT2D eigenvalue weighted by molar-refractivity contribution is 5.76. The van der Waals surface area contributed by atoms with Crippen molar-refractivity contribution in [1.29, 1.82) is 0 Å². The van der Waals surface area contributed by atoms with Gasteiger partial charge in [-0.15, -0.1) is 0 Å². The Morgan fingerprint density at radius 1 is 1.16 bits per heavy atom. The Morgan fingerprint density at radius 2 is 1.84 bits per heavy atom. The lowest BCUT2D eigenvalue weighted by atomic mass is 9.95. The predicted octanol–water partition coefficient (Wildman–Crippen LogP) is 2.17. The van der Waals surface area contributed by atoms with Crippen LogP contribution in [-0.2, 0) is 4.79 Å². The summed E-state index contributed by atoms with van der Waals surface area (Å²) in [5.74, 6) is -0.0631. The number of likely N-dealkylation sites (tertiary alicyclic amines) is 2. The number of piperidine rings is 1. The summed E-state index contributed by atoms with van der Waals surface area (Å²) in [6.07, 6.45) is 5.18. The average molecular weight is 268 g/mol. The summed E-state index contributed by atoms with van der Waals surface area (Å²) in [7, 11) is 0. The van der Waals surface area contributed by atoms with Gasteiger partial charge in [0.15, 0.2) is 0 Å². The molecule has 1 atom stereocenters. The quantitative estimate of drug-likeness (QED) is 0.853. The molecule has 0 aromatic carbocycles. The second-order valence-corrected chi connectivity index (χ2v) is 5.71. The lowest BCUT2D eigenvalue weighted by molar-refractivity contribution is -0.138. The van der Waals surface area contributed by atoms with Crippen LogP contribution in [0.4, 0.5) is 4.79 Å². The fourth-order valence-corrected chi connectivity index (χ4v) is 3.22. The van der Waals surface area contributed by atoms with Crippen molar-refractivity contribution in [2.45, 2.75) is 51.5 Å². The Labute approximate surface area is 114 Å². The van der Waals surface area contributed by atoms with Gasteiger partial charge in [0.2, 0.25) is 0 Å². The van der Waals surface area contributed by atoms with Crippen molar-refractivity contribution in [2.75, 3.05) is 19.6 Å². The van der Waals surface area contributed by atoms with Gasteiger partial charge in [0, 0.05) is 25.7 Å². The number of hydrogen-bond donors (Lipinski definition) is 1. The fraction of sp³-hybridized carbons (Fsp3) is 0.857. The highest BCUT2D eigenvalue weighted by Crippen LogP contribution is 2.25. The number of nitrogens with zero attached hydrogens (tertiary/aromatic N) is 2. The maximum atomic E-state index is 12.4. The number of rotatable bonds is 3. The third-order valence-electron chi connectivity index (χ3n) is 4.50. The third kappa shape index (κ3) is 3.39. The van der Waals surface area contributed by atoms with E-state index in [0.717, 1.165) is 44.7 Å². The van der Waals surface area contributed by atoms with Gasteiger partial charge >= 0.3 is 12.0 Å². The van der Waals surface area contributed by atoms with Crippen LogP contribution in [-0.4, -0.2) is 52.6 Å². The van der Waals surface area contributed by atoms with Crippen molar-refractivity contribution < 1.29 is 14.7 Å². The standard InChI is InChI=1S/C14H24N2O3/c1-2-11-5-8-15(9-6-11)14(19)16-7-3-4-12(16)10-13(17)18/h11-12H,2-10H2,1H3,(H,17,18). The fourth-order valence-electron chi connectivity index (χ4n) is 3.22. The zero-order chi connectivity index (χ0) is 13.8. The van der Waals surface area contributed by atoms with Crippen molar-refractivity contribution in [3.63, 3.8) is 0 Å². The van der Waals surface area contributed by atoms with E-state index < -0.39 is 5.97 Å². The van der Waals surface area contributed by atoms with E-state index in [4.69, 9.17) is 5.11 Å². The second kappa shape index (κ2) is 6.26. The van der Waals surface area contributed by atoms with Crippen LogP contribution in [0.3, 0.4) is 0 Å². The molecule has 0 spiro atoms. The maximum Gasteiger partial charge on any atom is 0.320 e. The topological polar surface area (TPSA) is 60.9 Å². The van der Waals surface area contributed by atoms with Crippen LogP contribution in [0.5, 0.6) is 0 Å². The van der Waals surface area contributed by atoms with Gasteiger partial charge in [-0.2, -0.15) is 0 Å². The summed E-state index contributed by atoms with van der Waals surface area (Å²) in [6, 6.07) is -0.0489. The molecule has 0 aromatic rings. The van der Waals surface area contributed by atoms with Crippen molar-refractivity contribution in [3.05, 3.63) is 0 Å². The predicted molar refractivity (Wildman–Crippen MR) is 72.0 cm³/mol. The molecule has 0 radical (unpaired) electrons. The monoisotopic (exact) mass is 268 g/mol. The van der Waals surface area contributed by atoms with Crippen molar-refractivity contribution in [3.8, 4) is 0 Å². The number of carbonyl (C=O) groups is 2. The van der Waals surface area contributed by atoms with E-state index in [2.05, 4.69) is 6.92 Å². The van der Waals surface area contributed by atoms with Gasteiger partial charge in [-0.25, -0.2) is 4.79 Å². The number of aliphatic carboxylic acids is 1. The second-order valence-electron chi connectivity index (χ2n) is 5.71. The number of urea groups is 1. The first-order valence-corrected chi connectivity index (χ1v) is 7.39. The van der Waals surface area contributed by atoms with E-state index in [9.17, 15) is 9.59 Å². The molecule has 0 aromatic heterocycles. The highest BCUT2D eigenvalue weighted by atomic mass is 16.4. The first-order chi connectivity index (χ1) is 9.11. The van der Waals surface area contributed by atoms with E-state index in [1.165, 1.54) is 6.42 Å². The molecule has 2 aliphatic rings. The zero-order valence-electron chi connectivity index (χ0n) is 11.7. The Kier molecular flexibility index (Phi) is 4.66. The maximum absolute atomic E-state index is 12.4. The smallest absolute Gasteiger partial charge is 0.320 e. The third-order valence-corrected chi connectivity index (χ3v) is 4.50. The van der Waals surface area contributed by atoms with Crippen LogP contribution in [0.15, 0.2) is 0 Å². The average Bonchev–Trinajstić information content (AvgIpc) is 2.85. The van der Waals surface area contributed by atoms with Gasteiger partial charge < -0.3 is 14.9 Å². The molecule has 0 saturated carbocycles. The molecule has 2 amide bonds. The summed E-state index contributed by atoms with van der Waals surface area (Å²) < 4.78 is 0. The van der Waals surface area contributed by atoms with Crippen molar-refractivity contribution in [1.82, 2.24) is 9.80 Å². The Hall–Kier alpha value is -1.26. The van der Waals surface area contributed by atoms with Gasteiger partial charge in [-0.1, -0.05) is 13.3 Å². The molecule has 2 rings (SSSR count). The van der Waals surface area contributed by atoms with Gasteiger partial charge in [-0.3, -0.25) is 4.79 Å². The molecule has 5 heteroatoms. The van der Waals surface area contributed by atoms with Crippen LogP contribution in [0.25, 0.3) is 0 Å². The first kappa shape index (κ1) is 14.2. The summed E-state index contributed by atoms with van der Waals surface area (Å²) in [5, 5.41) is 8.90. The van der Waals surface area contributed by atoms with Crippen LogP contribution in [0.2, 0.25) is 0 Å². The first-order valence-electron chi connectivity index (χ1n) is 7.39. The van der Waals surface area contributed by atoms with E-state index >= 15 is 0 Å². The van der Waals surface area contributed by atoms with Crippen LogP contribution in [0.1, 0.15) is 45.4 Å². The number of carboxylic acid groups (broad SMARTS) is 1. The largest absolute Gasteiger partial charge is 0.481 e. The van der Waals surface area contributed by atoms with Gasteiger partial charge in [0.25, 0.3) is 0 Å². The summed E-state index contributed by atoms with van der Waals surface area (Å²) in [4.78, 5) is 27.0. The summed E-state index contributed by atoms with van der Waals surface area (Å²) >= 11 is 0. The van der Waals surface area contributed by atoms with Crippen molar-refractivity contribution >= 4 is 12.0 Å². The molecule has 19 heavy (non-hydrogen) atoms. The lowest BCUT2D eigenvalue weighted by Gasteiger charge is -2.36. The Morgan fingerprint density at radius 3 is 2.42 bits per heavy atom. The molecule has 2 fully saturated rings. The summed E-state index contributed by atoms with van der Waals surface area (Å²) in [6.45, 7) is 4.57. The van der Waals surface area contributed by atoms with Crippen molar-refractivity contribution in [2.24, 2.45) is 5.92 Å². The van der Waals surface area contributed by atoms with E-state index in [1.807, 2.05) is 4.90 Å². The van der Waals surface area contributed by atoms with Crippen LogP contribution >= 0.6 is 0 Å². The number of amides is 2. The molecule has 0 bridgehead atoms. The van der Waals surface area contributed by atoms with Gasteiger partial charge in [-0.05, 0) is 31.6 Å². The van der Waals surface area contributed by atoms with E-state index in [0.29, 0.717) is 6.54 Å². The molecular weight excluding hydrogens is 244 g/mol. The van der Waals surface area contributed by atoms with E-state index in [1.54, 1.807) is 4.90 Å². The zero-order valence-corrected chi connectivity index (χ0v) is 11.7. The van der Waals surface area contributed by atoms with E-state index in [-0.39, 0.29) is 18.5 Å². The molecule has 0 aliphatic carbocycles. The minimum Gasteiger partial charge on any atom is -0.481 e. The number of carboxylic acids is 1. The lowest BCUT2D eigenvalue weighted by Crippen LogP contribution is -2.48. The molecule has 5 nitrogen and oxygen atoms in total. The normalized spacial score (nSPS) is 24.8. The number of carbonyl (C=O) groups excluding carboxylic acids is 1. The molecule has 108 valence electrons. The molecule has 1 unspecified atom stereocenters. The minimum absolute atomic E-state index is 0.0540. The van der Waals surface area contributed by atoms with Crippen LogP contribution in [0, 0.1) is 5.92 Å². The molecule has 2 aliphatic heterocycles.